The van der Waals surface area contributed by atoms with Crippen molar-refractivity contribution in [3.63, 3.8) is 0 Å². The molecular weight excluding hydrogens is 164 g/mol. The Bertz CT molecular complexity index is 95.8. The molecule has 0 amide bonds. The maximum Gasteiger partial charge on any atom is 0.00540 e. The van der Waals surface area contributed by atoms with Gasteiger partial charge in [0.1, 0.15) is 0 Å². The summed E-state index contributed by atoms with van der Waals surface area (Å²) < 4.78 is 0. The van der Waals surface area contributed by atoms with Crippen LogP contribution in [0.5, 0.6) is 0 Å². The lowest BCUT2D eigenvalue weighted by Gasteiger charge is -2.16. The first-order valence-electron chi connectivity index (χ1n) is 5.12. The van der Waals surface area contributed by atoms with Crippen LogP contribution in [0, 0.1) is 0 Å². The summed E-state index contributed by atoms with van der Waals surface area (Å²) in [4.78, 5) is 0. The first-order valence-corrected chi connectivity index (χ1v) is 5.12. The first-order chi connectivity index (χ1) is 6.20. The molecule has 0 aliphatic heterocycles. The van der Waals surface area contributed by atoms with Crippen LogP contribution in [0.3, 0.4) is 0 Å². The Kier molecular flexibility index (Phi) is 8.33. The Hall–Kier alpha value is -0.160. The van der Waals surface area contributed by atoms with Gasteiger partial charge >= 0.3 is 0 Å². The highest BCUT2D eigenvalue weighted by Crippen LogP contribution is 2.04. The molecule has 2 atom stereocenters. The van der Waals surface area contributed by atoms with E-state index in [4.69, 9.17) is 22.9 Å². The quantitative estimate of drug-likeness (QED) is 0.412. The van der Waals surface area contributed by atoms with Crippen LogP contribution in [0.2, 0.25) is 0 Å². The highest BCUT2D eigenvalue weighted by atomic mass is 14.7. The standard InChI is InChI=1S/C9H24N4/c10-5-1-3-8(12)7-9(13)4-2-6-11/h8-9H,1-7,10-13H2. The van der Waals surface area contributed by atoms with Crippen molar-refractivity contribution in [1.29, 1.82) is 0 Å². The molecule has 0 saturated heterocycles. The van der Waals surface area contributed by atoms with Crippen LogP contribution in [0.25, 0.3) is 0 Å². The third-order valence-corrected chi connectivity index (χ3v) is 2.16. The Balaban J connectivity index is 3.35. The summed E-state index contributed by atoms with van der Waals surface area (Å²) in [5.41, 5.74) is 22.5. The van der Waals surface area contributed by atoms with Crippen molar-refractivity contribution in [3.8, 4) is 0 Å². The van der Waals surface area contributed by atoms with Gasteiger partial charge in [-0.1, -0.05) is 0 Å². The van der Waals surface area contributed by atoms with E-state index in [1.54, 1.807) is 0 Å². The number of hydrogen-bond acceptors (Lipinski definition) is 4. The third kappa shape index (κ3) is 8.18. The summed E-state index contributed by atoms with van der Waals surface area (Å²) in [6.45, 7) is 1.43. The van der Waals surface area contributed by atoms with Crippen molar-refractivity contribution in [3.05, 3.63) is 0 Å². The fraction of sp³-hybridized carbons (Fsp3) is 1.00. The minimum Gasteiger partial charge on any atom is -0.330 e. The molecule has 4 heteroatoms. The van der Waals surface area contributed by atoms with Crippen molar-refractivity contribution < 1.29 is 0 Å². The van der Waals surface area contributed by atoms with Crippen molar-refractivity contribution in [2.24, 2.45) is 22.9 Å². The van der Waals surface area contributed by atoms with Crippen molar-refractivity contribution in [2.75, 3.05) is 13.1 Å². The monoisotopic (exact) mass is 188 g/mol. The van der Waals surface area contributed by atoms with Gasteiger partial charge in [-0.15, -0.1) is 0 Å². The second-order valence-electron chi connectivity index (χ2n) is 3.62. The van der Waals surface area contributed by atoms with Crippen molar-refractivity contribution >= 4 is 0 Å². The van der Waals surface area contributed by atoms with Crippen LogP contribution >= 0.6 is 0 Å². The molecular formula is C9H24N4. The average molecular weight is 188 g/mol. The topological polar surface area (TPSA) is 104 Å². The van der Waals surface area contributed by atoms with E-state index in [0.29, 0.717) is 13.1 Å². The van der Waals surface area contributed by atoms with Gasteiger partial charge in [-0.3, -0.25) is 0 Å². The molecule has 2 unspecified atom stereocenters. The van der Waals surface area contributed by atoms with Crippen molar-refractivity contribution in [2.45, 2.75) is 44.2 Å². The van der Waals surface area contributed by atoms with Crippen LogP contribution < -0.4 is 22.9 Å². The zero-order valence-corrected chi connectivity index (χ0v) is 8.41. The number of rotatable bonds is 8. The highest BCUT2D eigenvalue weighted by molar-refractivity contribution is 4.71. The molecule has 0 fully saturated rings. The molecule has 0 aromatic carbocycles. The number of nitrogens with two attached hydrogens (primary N) is 4. The zero-order valence-electron chi connectivity index (χ0n) is 8.41. The third-order valence-electron chi connectivity index (χ3n) is 2.16. The van der Waals surface area contributed by atoms with Crippen molar-refractivity contribution in [1.82, 2.24) is 0 Å². The molecule has 80 valence electrons. The molecule has 0 aliphatic rings. The van der Waals surface area contributed by atoms with E-state index in [1.807, 2.05) is 0 Å². The van der Waals surface area contributed by atoms with Gasteiger partial charge < -0.3 is 22.9 Å². The van der Waals surface area contributed by atoms with Gasteiger partial charge in [0.15, 0.2) is 0 Å². The maximum absolute atomic E-state index is 5.87. The van der Waals surface area contributed by atoms with Crippen LogP contribution in [-0.2, 0) is 0 Å². The van der Waals surface area contributed by atoms with E-state index in [9.17, 15) is 0 Å². The average Bonchev–Trinajstić information content (AvgIpc) is 2.11. The second kappa shape index (κ2) is 8.44. The maximum atomic E-state index is 5.87. The Morgan fingerprint density at radius 2 is 1.15 bits per heavy atom. The minimum atomic E-state index is 0.205. The van der Waals surface area contributed by atoms with E-state index < -0.39 is 0 Å². The van der Waals surface area contributed by atoms with Gasteiger partial charge in [0.05, 0.1) is 0 Å². The molecule has 0 rings (SSSR count). The summed E-state index contributed by atoms with van der Waals surface area (Å²) in [6, 6.07) is 0.410. The fourth-order valence-electron chi connectivity index (χ4n) is 1.38. The fourth-order valence-corrected chi connectivity index (χ4v) is 1.38. The molecule has 0 bridgehead atoms. The van der Waals surface area contributed by atoms with Gasteiger partial charge in [-0.05, 0) is 45.2 Å². The highest BCUT2D eigenvalue weighted by Gasteiger charge is 2.08. The van der Waals surface area contributed by atoms with Gasteiger partial charge in [0.25, 0.3) is 0 Å². The molecule has 4 nitrogen and oxygen atoms in total. The zero-order chi connectivity index (χ0) is 10.1. The van der Waals surface area contributed by atoms with E-state index >= 15 is 0 Å². The molecule has 0 aromatic rings. The molecule has 0 heterocycles. The van der Waals surface area contributed by atoms with E-state index in [1.165, 1.54) is 0 Å². The molecule has 0 spiro atoms. The summed E-state index contributed by atoms with van der Waals surface area (Å²) in [6.07, 6.45) is 4.83. The molecule has 0 aromatic heterocycles. The Morgan fingerprint density at radius 3 is 1.46 bits per heavy atom. The van der Waals surface area contributed by atoms with Gasteiger partial charge in [-0.25, -0.2) is 0 Å². The molecule has 0 saturated carbocycles. The van der Waals surface area contributed by atoms with Crippen LogP contribution in [0.15, 0.2) is 0 Å². The van der Waals surface area contributed by atoms with Gasteiger partial charge in [0, 0.05) is 12.1 Å². The summed E-state index contributed by atoms with van der Waals surface area (Å²) >= 11 is 0. The second-order valence-corrected chi connectivity index (χ2v) is 3.62. The number of hydrogen-bond donors (Lipinski definition) is 4. The molecule has 8 N–H and O–H groups in total. The lowest BCUT2D eigenvalue weighted by atomic mass is 10.0. The Morgan fingerprint density at radius 1 is 0.769 bits per heavy atom. The summed E-state index contributed by atoms with van der Waals surface area (Å²) in [7, 11) is 0. The predicted octanol–water partition coefficient (Wildman–Crippen LogP) is -0.491. The molecule has 13 heavy (non-hydrogen) atoms. The van der Waals surface area contributed by atoms with Crippen LogP contribution in [-0.4, -0.2) is 25.2 Å². The first kappa shape index (κ1) is 12.8. The SMILES string of the molecule is NCCCC(N)CC(N)CCCN. The van der Waals surface area contributed by atoms with Gasteiger partial charge in [-0.2, -0.15) is 0 Å². The normalized spacial score (nSPS) is 15.7. The summed E-state index contributed by atoms with van der Waals surface area (Å²) in [5, 5.41) is 0. The minimum absolute atomic E-state index is 0.205. The largest absolute Gasteiger partial charge is 0.330 e. The van der Waals surface area contributed by atoms with Gasteiger partial charge in [0.2, 0.25) is 0 Å². The molecule has 0 aliphatic carbocycles. The smallest absolute Gasteiger partial charge is 0.00540 e. The lowest BCUT2D eigenvalue weighted by molar-refractivity contribution is 0.462. The van der Waals surface area contributed by atoms with Crippen LogP contribution in [0.1, 0.15) is 32.1 Å². The molecule has 0 radical (unpaired) electrons. The summed E-state index contributed by atoms with van der Waals surface area (Å²) in [5.74, 6) is 0. The van der Waals surface area contributed by atoms with E-state index in [2.05, 4.69) is 0 Å². The lowest BCUT2D eigenvalue weighted by Crippen LogP contribution is -2.32. The van der Waals surface area contributed by atoms with E-state index in [0.717, 1.165) is 32.1 Å². The predicted molar refractivity (Wildman–Crippen MR) is 57.1 cm³/mol. The Labute approximate surface area is 81.0 Å². The van der Waals surface area contributed by atoms with E-state index in [-0.39, 0.29) is 12.1 Å². The van der Waals surface area contributed by atoms with Crippen LogP contribution in [0.4, 0.5) is 0 Å².